The number of nitrogens with zero attached hydrogens (tertiary/aromatic N) is 1. The highest BCUT2D eigenvalue weighted by Crippen LogP contribution is 2.28. The first-order valence-corrected chi connectivity index (χ1v) is 15.0. The number of amides is 1. The number of alkyl carbamates (subject to hydrolysis) is 1. The zero-order chi connectivity index (χ0) is 31.3. The average molecular weight is 584 g/mol. The van der Waals surface area contributed by atoms with Gasteiger partial charge in [-0.25, -0.2) is 4.79 Å². The third kappa shape index (κ3) is 11.0. The highest BCUT2D eigenvalue weighted by Gasteiger charge is 2.29. The zero-order valence-corrected chi connectivity index (χ0v) is 26.5. The number of carbonyl (C=O) groups is 2. The molecule has 8 nitrogen and oxygen atoms in total. The molecule has 0 aromatic heterocycles. The molecule has 0 spiro atoms. The second-order valence-electron chi connectivity index (χ2n) is 11.8. The van der Waals surface area contributed by atoms with Crippen molar-refractivity contribution in [1.29, 1.82) is 0 Å². The maximum Gasteiger partial charge on any atom is 0.411 e. The molecule has 0 bridgehead atoms. The summed E-state index contributed by atoms with van der Waals surface area (Å²) in [4.78, 5) is 23.1. The van der Waals surface area contributed by atoms with Gasteiger partial charge in [0.1, 0.15) is 24.2 Å². The number of carbonyl (C=O) groups excluding carboxylic acids is 1. The number of hydrogen-bond acceptors (Lipinski definition) is 5. The molecule has 1 aliphatic carbocycles. The van der Waals surface area contributed by atoms with Crippen LogP contribution >= 0.6 is 0 Å². The Morgan fingerprint density at radius 3 is 2.36 bits per heavy atom. The monoisotopic (exact) mass is 583 g/mol. The Labute approximate surface area is 252 Å². The van der Waals surface area contributed by atoms with E-state index in [4.69, 9.17) is 14.6 Å². The third-order valence-electron chi connectivity index (χ3n) is 7.86. The number of aliphatic carboxylic acids is 1. The van der Waals surface area contributed by atoms with Gasteiger partial charge in [0.05, 0.1) is 33.7 Å². The lowest BCUT2D eigenvalue weighted by molar-refractivity contribution is -0.887. The minimum Gasteiger partial charge on any atom is -0.508 e. The minimum atomic E-state index is -0.602. The van der Waals surface area contributed by atoms with Crippen molar-refractivity contribution in [2.45, 2.75) is 78.7 Å². The van der Waals surface area contributed by atoms with Crippen LogP contribution in [0.1, 0.15) is 84.3 Å². The quantitative estimate of drug-likeness (QED) is 0.159. The normalized spacial score (nSPS) is 18.9. The molecular weight excluding hydrogens is 532 g/mol. The molecule has 3 rings (SSSR count). The van der Waals surface area contributed by atoms with E-state index in [-0.39, 0.29) is 11.7 Å². The highest BCUT2D eigenvalue weighted by atomic mass is 16.6. The summed E-state index contributed by atoms with van der Waals surface area (Å²) >= 11 is 0. The molecule has 1 saturated carbocycles. The smallest absolute Gasteiger partial charge is 0.411 e. The number of phenols is 1. The summed E-state index contributed by atoms with van der Waals surface area (Å²) < 4.78 is 12.0. The number of nitrogens with one attached hydrogen (secondary N) is 1. The van der Waals surface area contributed by atoms with E-state index < -0.39 is 18.2 Å². The van der Waals surface area contributed by atoms with E-state index in [9.17, 15) is 14.7 Å². The number of quaternary nitrogens is 1. The van der Waals surface area contributed by atoms with Gasteiger partial charge in [0, 0.05) is 23.3 Å². The number of hydrogen-bond donors (Lipinski definition) is 3. The van der Waals surface area contributed by atoms with E-state index in [0.717, 1.165) is 84.3 Å². The van der Waals surface area contributed by atoms with Gasteiger partial charge in [-0.15, -0.1) is 0 Å². The van der Waals surface area contributed by atoms with Gasteiger partial charge >= 0.3 is 12.1 Å². The molecule has 1 aromatic carbocycles. The molecule has 1 atom stereocenters. The number of aromatic hydroxyl groups is 1. The van der Waals surface area contributed by atoms with Crippen LogP contribution in [0.3, 0.4) is 0 Å². The molecular formula is C34H51N2O6+. The number of methoxy groups -OCH3 is 1. The van der Waals surface area contributed by atoms with Gasteiger partial charge in [-0.2, -0.15) is 0 Å². The lowest BCUT2D eigenvalue weighted by Gasteiger charge is -2.36. The van der Waals surface area contributed by atoms with Crippen molar-refractivity contribution >= 4 is 12.1 Å². The largest absolute Gasteiger partial charge is 0.508 e. The lowest BCUT2D eigenvalue weighted by Crippen LogP contribution is -2.47. The van der Waals surface area contributed by atoms with E-state index in [1.165, 1.54) is 6.42 Å². The summed E-state index contributed by atoms with van der Waals surface area (Å²) in [7, 11) is 6.05. The molecule has 0 radical (unpaired) electrons. The van der Waals surface area contributed by atoms with Gasteiger partial charge in [-0.05, 0) is 63.3 Å². The van der Waals surface area contributed by atoms with Crippen LogP contribution < -0.4 is 5.32 Å². The zero-order valence-electron chi connectivity index (χ0n) is 26.5. The predicted molar refractivity (Wildman–Crippen MR) is 167 cm³/mol. The van der Waals surface area contributed by atoms with Crippen molar-refractivity contribution in [3.8, 4) is 5.75 Å². The lowest BCUT2D eigenvalue weighted by atomic mass is 9.90. The van der Waals surface area contributed by atoms with Gasteiger partial charge in [0.2, 0.25) is 0 Å². The van der Waals surface area contributed by atoms with Crippen molar-refractivity contribution < 1.29 is 33.8 Å². The molecule has 232 valence electrons. The molecule has 1 unspecified atom stereocenters. The van der Waals surface area contributed by atoms with Crippen molar-refractivity contribution in [2.75, 3.05) is 34.3 Å². The van der Waals surface area contributed by atoms with Crippen molar-refractivity contribution in [1.82, 2.24) is 5.32 Å². The van der Waals surface area contributed by atoms with Crippen LogP contribution in [0.15, 0.2) is 70.7 Å². The number of allylic oxidation sites excluding steroid dienone is 4. The first kappa shape index (κ1) is 34.7. The summed E-state index contributed by atoms with van der Waals surface area (Å²) in [6.45, 7) is 9.66. The summed E-state index contributed by atoms with van der Waals surface area (Å²) in [6.07, 6.45) is 12.0. The molecule has 42 heavy (non-hydrogen) atoms. The van der Waals surface area contributed by atoms with Crippen LogP contribution in [0.25, 0.3) is 0 Å². The molecule has 8 heteroatoms. The standard InChI is InChI=1S/C27H38N2O4.C7H12O2/c1-8-11-20(3)26(32-7)15-14-19(2)23-18-29(5,6)17-16-24(23)28-27(31)33-21(4)22-12-9-10-13-25(22)30;8-7(9)6-4-2-1-3-5-6/h9-15,21H,8,16-18H2,1-7H3,(H-,28,30,31);6H,1-5H2,(H,8,9)/p+1/b19-14+,20-11+,26-15+;. The fraction of sp³-hybridized carbons (Fsp3) is 0.529. The second-order valence-corrected chi connectivity index (χ2v) is 11.8. The number of benzene rings is 1. The van der Waals surface area contributed by atoms with Gasteiger partial charge in [0.25, 0.3) is 0 Å². The SMILES string of the molecule is CC/C=C(C)/C(=C\C=C(/C)C1=C(NC(=O)OC(C)c2ccccc2O)CC[N+](C)(C)C1)OC.O=C(O)C1CCCCC1. The third-order valence-corrected chi connectivity index (χ3v) is 7.86. The van der Waals surface area contributed by atoms with E-state index >= 15 is 0 Å². The predicted octanol–water partition coefficient (Wildman–Crippen LogP) is 7.40. The molecule has 1 amide bonds. The average Bonchev–Trinajstić information content (AvgIpc) is 2.95. The highest BCUT2D eigenvalue weighted by molar-refractivity contribution is 5.71. The minimum absolute atomic E-state index is 0.0289. The van der Waals surface area contributed by atoms with Crippen LogP contribution in [0.2, 0.25) is 0 Å². The van der Waals surface area contributed by atoms with Gasteiger partial charge in [-0.3, -0.25) is 10.1 Å². The Bertz CT molecular complexity index is 1190. The molecule has 1 fully saturated rings. The molecule has 1 aliphatic heterocycles. The molecule has 1 heterocycles. The number of carboxylic acid groups (broad SMARTS) is 1. The van der Waals surface area contributed by atoms with Crippen LogP contribution in [0, 0.1) is 5.92 Å². The molecule has 1 aromatic rings. The van der Waals surface area contributed by atoms with E-state index in [1.807, 2.05) is 25.1 Å². The van der Waals surface area contributed by atoms with Crippen LogP contribution in [0.5, 0.6) is 5.75 Å². The number of rotatable bonds is 9. The number of likely N-dealkylation sites (N-methyl/N-ethyl adjacent to an activating group) is 1. The number of carboxylic acids is 1. The van der Waals surface area contributed by atoms with Gasteiger partial charge < -0.3 is 24.2 Å². The fourth-order valence-electron chi connectivity index (χ4n) is 5.29. The van der Waals surface area contributed by atoms with Crippen molar-refractivity contribution in [2.24, 2.45) is 5.92 Å². The first-order chi connectivity index (χ1) is 19.9. The van der Waals surface area contributed by atoms with Crippen LogP contribution in [-0.4, -0.2) is 61.1 Å². The van der Waals surface area contributed by atoms with E-state index in [1.54, 1.807) is 32.2 Å². The summed E-state index contributed by atoms with van der Waals surface area (Å²) in [6, 6.07) is 6.88. The second kappa shape index (κ2) is 16.8. The van der Waals surface area contributed by atoms with Gasteiger partial charge in [-0.1, -0.05) is 56.5 Å². The Morgan fingerprint density at radius 1 is 1.12 bits per heavy atom. The van der Waals surface area contributed by atoms with Crippen LogP contribution in [0.4, 0.5) is 4.79 Å². The number of para-hydroxylation sites is 1. The first-order valence-electron chi connectivity index (χ1n) is 15.0. The maximum atomic E-state index is 12.7. The van der Waals surface area contributed by atoms with Gasteiger partial charge in [0.15, 0.2) is 0 Å². The van der Waals surface area contributed by atoms with Crippen molar-refractivity contribution in [3.63, 3.8) is 0 Å². The summed E-state index contributed by atoms with van der Waals surface area (Å²) in [5.74, 6) is 0.307. The Balaban J connectivity index is 0.000000581. The number of phenolic OH excluding ortho intramolecular Hbond substituents is 1. The molecule has 0 saturated heterocycles. The molecule has 2 aliphatic rings. The Hall–Kier alpha value is -3.52. The fourth-order valence-corrected chi connectivity index (χ4v) is 5.29. The van der Waals surface area contributed by atoms with Crippen molar-refractivity contribution in [3.05, 3.63) is 76.2 Å². The summed E-state index contributed by atoms with van der Waals surface area (Å²) in [5.41, 5.74) is 4.72. The Kier molecular flexibility index (Phi) is 13.9. The van der Waals surface area contributed by atoms with E-state index in [0.29, 0.717) is 5.56 Å². The van der Waals surface area contributed by atoms with E-state index in [2.05, 4.69) is 39.3 Å². The topological polar surface area (TPSA) is 105 Å². The Morgan fingerprint density at radius 2 is 1.79 bits per heavy atom. The van der Waals surface area contributed by atoms with Crippen LogP contribution in [-0.2, 0) is 14.3 Å². The molecule has 3 N–H and O–H groups in total. The summed E-state index contributed by atoms with van der Waals surface area (Å²) in [5, 5.41) is 21.5. The maximum absolute atomic E-state index is 12.7. The number of ether oxygens (including phenoxy) is 2.